The number of aryl methyl sites for hydroxylation is 1. The predicted molar refractivity (Wildman–Crippen MR) is 66.5 cm³/mol. The first-order valence-corrected chi connectivity index (χ1v) is 7.05. The molecule has 0 aromatic carbocycles. The van der Waals surface area contributed by atoms with Crippen molar-refractivity contribution in [1.82, 2.24) is 4.98 Å². The van der Waals surface area contributed by atoms with E-state index in [1.807, 2.05) is 16.8 Å². The fourth-order valence-electron chi connectivity index (χ4n) is 3.10. The summed E-state index contributed by atoms with van der Waals surface area (Å²) in [6.07, 6.45) is 6.48. The minimum absolute atomic E-state index is 0.391. The van der Waals surface area contributed by atoms with Gasteiger partial charge in [0.15, 0.2) is 0 Å². The Bertz CT molecular complexity index is 331. The molecular weight excluding hydrogens is 202 g/mol. The third kappa shape index (κ3) is 1.63. The van der Waals surface area contributed by atoms with Crippen LogP contribution in [0.3, 0.4) is 0 Å². The lowest BCUT2D eigenvalue weighted by Crippen LogP contribution is -2.36. The molecule has 0 radical (unpaired) electrons. The summed E-state index contributed by atoms with van der Waals surface area (Å²) in [5.41, 5.74) is 3.88. The van der Waals surface area contributed by atoms with Crippen LogP contribution in [0, 0.1) is 5.92 Å². The standard InChI is InChI=1S/C13H21NS/c1-4-10(3)13(5-2)8-6-7-11-12(13)14-9-15-11/h9-10H,4-8H2,1-3H3. The summed E-state index contributed by atoms with van der Waals surface area (Å²) in [6.45, 7) is 7.04. The summed E-state index contributed by atoms with van der Waals surface area (Å²) < 4.78 is 0. The second-order valence-corrected chi connectivity index (χ2v) is 5.74. The Hall–Kier alpha value is -0.370. The summed E-state index contributed by atoms with van der Waals surface area (Å²) in [5, 5.41) is 0. The molecular formula is C13H21NS. The van der Waals surface area contributed by atoms with Gasteiger partial charge in [-0.15, -0.1) is 11.3 Å². The van der Waals surface area contributed by atoms with Gasteiger partial charge in [-0.3, -0.25) is 0 Å². The van der Waals surface area contributed by atoms with Gasteiger partial charge < -0.3 is 0 Å². The summed E-state index contributed by atoms with van der Waals surface area (Å²) in [5.74, 6) is 0.767. The van der Waals surface area contributed by atoms with Crippen LogP contribution in [-0.2, 0) is 11.8 Å². The average molecular weight is 223 g/mol. The van der Waals surface area contributed by atoms with Crippen LogP contribution in [0.5, 0.6) is 0 Å². The zero-order chi connectivity index (χ0) is 10.9. The molecule has 84 valence electrons. The molecule has 2 atom stereocenters. The van der Waals surface area contributed by atoms with E-state index in [0.29, 0.717) is 5.41 Å². The lowest BCUT2D eigenvalue weighted by Gasteiger charge is -2.40. The van der Waals surface area contributed by atoms with Crippen LogP contribution in [0.2, 0.25) is 0 Å². The Kier molecular flexibility index (Phi) is 3.15. The van der Waals surface area contributed by atoms with Crippen molar-refractivity contribution in [1.29, 1.82) is 0 Å². The predicted octanol–water partition coefficient (Wildman–Crippen LogP) is 4.17. The lowest BCUT2D eigenvalue weighted by molar-refractivity contribution is 0.225. The molecule has 15 heavy (non-hydrogen) atoms. The highest BCUT2D eigenvalue weighted by Crippen LogP contribution is 2.46. The molecule has 2 heteroatoms. The van der Waals surface area contributed by atoms with Crippen molar-refractivity contribution in [2.45, 2.75) is 58.3 Å². The highest BCUT2D eigenvalue weighted by atomic mass is 32.1. The van der Waals surface area contributed by atoms with Gasteiger partial charge in [-0.05, 0) is 31.6 Å². The average Bonchev–Trinajstić information content (AvgIpc) is 2.75. The minimum atomic E-state index is 0.391. The van der Waals surface area contributed by atoms with Crippen LogP contribution >= 0.6 is 11.3 Å². The zero-order valence-electron chi connectivity index (χ0n) is 10.0. The minimum Gasteiger partial charge on any atom is -0.249 e. The maximum atomic E-state index is 4.67. The number of aromatic nitrogens is 1. The smallest absolute Gasteiger partial charge is 0.0797 e. The molecule has 1 aliphatic carbocycles. The summed E-state index contributed by atoms with van der Waals surface area (Å²) in [6, 6.07) is 0. The van der Waals surface area contributed by atoms with Crippen molar-refractivity contribution in [2.75, 3.05) is 0 Å². The number of hydrogen-bond donors (Lipinski definition) is 0. The van der Waals surface area contributed by atoms with E-state index in [-0.39, 0.29) is 0 Å². The van der Waals surface area contributed by atoms with E-state index in [2.05, 4.69) is 25.8 Å². The Morgan fingerprint density at radius 3 is 3.00 bits per heavy atom. The lowest BCUT2D eigenvalue weighted by atomic mass is 9.65. The molecule has 0 saturated heterocycles. The topological polar surface area (TPSA) is 12.9 Å². The van der Waals surface area contributed by atoms with Gasteiger partial charge in [0, 0.05) is 10.3 Å². The first kappa shape index (κ1) is 11.1. The summed E-state index contributed by atoms with van der Waals surface area (Å²) >= 11 is 1.86. The van der Waals surface area contributed by atoms with Crippen molar-refractivity contribution in [2.24, 2.45) is 5.92 Å². The van der Waals surface area contributed by atoms with E-state index in [1.165, 1.54) is 37.8 Å². The van der Waals surface area contributed by atoms with E-state index in [9.17, 15) is 0 Å². The van der Waals surface area contributed by atoms with Crippen LogP contribution in [0.25, 0.3) is 0 Å². The molecule has 0 saturated carbocycles. The second-order valence-electron chi connectivity index (χ2n) is 4.80. The monoisotopic (exact) mass is 223 g/mol. The Morgan fingerprint density at radius 2 is 2.33 bits per heavy atom. The van der Waals surface area contributed by atoms with Gasteiger partial charge >= 0.3 is 0 Å². The van der Waals surface area contributed by atoms with Crippen molar-refractivity contribution in [3.8, 4) is 0 Å². The highest BCUT2D eigenvalue weighted by Gasteiger charge is 2.40. The van der Waals surface area contributed by atoms with E-state index < -0.39 is 0 Å². The molecule has 1 aromatic rings. The van der Waals surface area contributed by atoms with Crippen LogP contribution in [0.4, 0.5) is 0 Å². The largest absolute Gasteiger partial charge is 0.249 e. The quantitative estimate of drug-likeness (QED) is 0.749. The van der Waals surface area contributed by atoms with E-state index in [0.717, 1.165) is 5.92 Å². The van der Waals surface area contributed by atoms with Gasteiger partial charge in [0.05, 0.1) is 11.2 Å². The molecule has 0 spiro atoms. The van der Waals surface area contributed by atoms with Crippen molar-refractivity contribution < 1.29 is 0 Å². The van der Waals surface area contributed by atoms with Gasteiger partial charge in [-0.25, -0.2) is 4.98 Å². The zero-order valence-corrected chi connectivity index (χ0v) is 10.9. The normalized spacial score (nSPS) is 27.4. The highest BCUT2D eigenvalue weighted by molar-refractivity contribution is 7.09. The van der Waals surface area contributed by atoms with Gasteiger partial charge in [0.2, 0.25) is 0 Å². The van der Waals surface area contributed by atoms with Crippen LogP contribution in [0.15, 0.2) is 5.51 Å². The maximum absolute atomic E-state index is 4.67. The fourth-order valence-corrected chi connectivity index (χ4v) is 4.02. The number of nitrogens with zero attached hydrogens (tertiary/aromatic N) is 1. The number of hydrogen-bond acceptors (Lipinski definition) is 2. The Morgan fingerprint density at radius 1 is 1.53 bits per heavy atom. The molecule has 2 unspecified atom stereocenters. The molecule has 0 fully saturated rings. The van der Waals surface area contributed by atoms with Gasteiger partial charge in [0.1, 0.15) is 0 Å². The van der Waals surface area contributed by atoms with Gasteiger partial charge in [0.25, 0.3) is 0 Å². The number of rotatable bonds is 3. The Balaban J connectivity index is 2.43. The first-order valence-electron chi connectivity index (χ1n) is 6.17. The fraction of sp³-hybridized carbons (Fsp3) is 0.769. The van der Waals surface area contributed by atoms with E-state index in [1.54, 1.807) is 4.88 Å². The van der Waals surface area contributed by atoms with E-state index in [4.69, 9.17) is 0 Å². The molecule has 0 N–H and O–H groups in total. The second kappa shape index (κ2) is 4.25. The molecule has 0 bridgehead atoms. The van der Waals surface area contributed by atoms with Crippen molar-refractivity contribution >= 4 is 11.3 Å². The third-order valence-electron chi connectivity index (χ3n) is 4.33. The van der Waals surface area contributed by atoms with Crippen LogP contribution in [-0.4, -0.2) is 4.98 Å². The maximum Gasteiger partial charge on any atom is 0.0797 e. The Labute approximate surface area is 96.9 Å². The molecule has 1 aliphatic rings. The van der Waals surface area contributed by atoms with Gasteiger partial charge in [-0.2, -0.15) is 0 Å². The van der Waals surface area contributed by atoms with E-state index >= 15 is 0 Å². The van der Waals surface area contributed by atoms with Crippen molar-refractivity contribution in [3.05, 3.63) is 16.1 Å². The first-order chi connectivity index (χ1) is 7.24. The molecule has 1 heterocycles. The van der Waals surface area contributed by atoms with Crippen molar-refractivity contribution in [3.63, 3.8) is 0 Å². The number of thiazole rings is 1. The molecule has 1 aromatic heterocycles. The SMILES string of the molecule is CCC(C)C1(CC)CCCc2scnc21. The van der Waals surface area contributed by atoms with Crippen LogP contribution < -0.4 is 0 Å². The molecule has 2 rings (SSSR count). The van der Waals surface area contributed by atoms with Crippen LogP contribution in [0.1, 0.15) is 57.0 Å². The summed E-state index contributed by atoms with van der Waals surface area (Å²) in [4.78, 5) is 6.23. The molecule has 0 amide bonds. The molecule has 0 aliphatic heterocycles. The molecule has 1 nitrogen and oxygen atoms in total. The number of fused-ring (bicyclic) bond motifs is 1. The summed E-state index contributed by atoms with van der Waals surface area (Å²) in [7, 11) is 0. The third-order valence-corrected chi connectivity index (χ3v) is 5.22. The van der Waals surface area contributed by atoms with Gasteiger partial charge in [-0.1, -0.05) is 27.2 Å².